The molecule has 0 aliphatic carbocycles. The molecule has 7 nitrogen and oxygen atoms in total. The highest BCUT2D eigenvalue weighted by atomic mass is 32.1. The predicted molar refractivity (Wildman–Crippen MR) is 123 cm³/mol. The van der Waals surface area contributed by atoms with Crippen LogP contribution in [-0.4, -0.2) is 59.3 Å². The third-order valence-electron chi connectivity index (χ3n) is 5.43. The van der Waals surface area contributed by atoms with E-state index in [1.165, 1.54) is 11.3 Å². The van der Waals surface area contributed by atoms with Gasteiger partial charge in [0.2, 0.25) is 0 Å². The minimum absolute atomic E-state index is 0.149. The van der Waals surface area contributed by atoms with Crippen LogP contribution in [-0.2, 0) is 16.1 Å². The van der Waals surface area contributed by atoms with Gasteiger partial charge in [-0.25, -0.2) is 4.79 Å². The Hall–Kier alpha value is -2.87. The zero-order valence-electron chi connectivity index (χ0n) is 18.2. The zero-order valence-corrected chi connectivity index (χ0v) is 19.0. The van der Waals surface area contributed by atoms with Gasteiger partial charge in [0.15, 0.2) is 6.61 Å². The van der Waals surface area contributed by atoms with Crippen LogP contribution in [0.15, 0.2) is 36.4 Å². The Labute approximate surface area is 186 Å². The van der Waals surface area contributed by atoms with E-state index in [0.29, 0.717) is 23.9 Å². The lowest BCUT2D eigenvalue weighted by atomic mass is 10.2. The van der Waals surface area contributed by atoms with Crippen LogP contribution in [0.1, 0.15) is 29.2 Å². The number of aryl methyl sites for hydroxylation is 1. The first kappa shape index (κ1) is 21.4. The number of anilines is 1. The molecule has 1 fully saturated rings. The number of aromatic nitrogens is 2. The molecule has 3 aromatic rings. The molecule has 1 saturated heterocycles. The first-order valence-corrected chi connectivity index (χ1v) is 11.5. The van der Waals surface area contributed by atoms with Crippen molar-refractivity contribution in [2.24, 2.45) is 5.92 Å². The summed E-state index contributed by atoms with van der Waals surface area (Å²) in [5, 5.41) is 5.54. The minimum atomic E-state index is -0.451. The molecule has 0 radical (unpaired) electrons. The molecule has 0 N–H and O–H groups in total. The summed E-state index contributed by atoms with van der Waals surface area (Å²) in [7, 11) is 0. The number of amides is 1. The molecule has 3 heterocycles. The van der Waals surface area contributed by atoms with E-state index in [2.05, 4.69) is 36.0 Å². The van der Waals surface area contributed by atoms with Crippen LogP contribution in [0.4, 0.5) is 5.69 Å². The van der Waals surface area contributed by atoms with Gasteiger partial charge in [-0.05, 0) is 31.0 Å². The van der Waals surface area contributed by atoms with Crippen LogP contribution in [0.5, 0.6) is 0 Å². The number of fused-ring (bicyclic) bond motifs is 1. The van der Waals surface area contributed by atoms with Gasteiger partial charge >= 0.3 is 5.97 Å². The molecule has 0 bridgehead atoms. The molecule has 4 rings (SSSR count). The Bertz CT molecular complexity index is 1070. The second-order valence-corrected chi connectivity index (χ2v) is 9.30. The van der Waals surface area contributed by atoms with E-state index in [0.717, 1.165) is 41.2 Å². The quantitative estimate of drug-likeness (QED) is 0.548. The summed E-state index contributed by atoms with van der Waals surface area (Å²) in [6.07, 6.45) is 0. The Kier molecular flexibility index (Phi) is 6.27. The molecule has 31 heavy (non-hydrogen) atoms. The molecule has 0 atom stereocenters. The largest absolute Gasteiger partial charge is 0.451 e. The van der Waals surface area contributed by atoms with Crippen molar-refractivity contribution in [3.05, 3.63) is 47.0 Å². The molecule has 1 aliphatic heterocycles. The minimum Gasteiger partial charge on any atom is -0.451 e. The molecule has 0 spiro atoms. The molecule has 1 aliphatic rings. The highest BCUT2D eigenvalue weighted by molar-refractivity contribution is 7.20. The maximum Gasteiger partial charge on any atom is 0.348 e. The van der Waals surface area contributed by atoms with Crippen molar-refractivity contribution in [3.63, 3.8) is 0 Å². The second kappa shape index (κ2) is 9.09. The van der Waals surface area contributed by atoms with Crippen LogP contribution in [0, 0.1) is 12.8 Å². The molecule has 0 saturated carbocycles. The number of para-hydroxylation sites is 1. The third-order valence-corrected chi connectivity index (χ3v) is 6.56. The number of esters is 1. The maximum absolute atomic E-state index is 12.6. The Morgan fingerprint density at radius 3 is 2.52 bits per heavy atom. The monoisotopic (exact) mass is 440 g/mol. The lowest BCUT2D eigenvalue weighted by molar-refractivity contribution is -0.134. The standard InChI is InChI=1S/C23H28N4O3S/c1-16(2)14-27-22-19(17(3)24-27)13-20(31-22)23(29)30-15-21(28)26-11-9-25(10-12-26)18-7-5-4-6-8-18/h4-8,13,16H,9-12,14-15H2,1-3H3. The Morgan fingerprint density at radius 1 is 1.13 bits per heavy atom. The molecular weight excluding hydrogens is 412 g/mol. The first-order valence-electron chi connectivity index (χ1n) is 10.6. The number of carbonyl (C=O) groups excluding carboxylic acids is 2. The van der Waals surface area contributed by atoms with E-state index in [-0.39, 0.29) is 12.5 Å². The van der Waals surface area contributed by atoms with Gasteiger partial charge in [-0.2, -0.15) is 5.10 Å². The summed E-state index contributed by atoms with van der Waals surface area (Å²) in [5.41, 5.74) is 2.07. The number of hydrogen-bond donors (Lipinski definition) is 0. The number of piperazine rings is 1. The van der Waals surface area contributed by atoms with Crippen LogP contribution in [0.3, 0.4) is 0 Å². The number of carbonyl (C=O) groups is 2. The van der Waals surface area contributed by atoms with Crippen LogP contribution in [0.2, 0.25) is 0 Å². The SMILES string of the molecule is Cc1nn(CC(C)C)c2sc(C(=O)OCC(=O)N3CCN(c4ccccc4)CC3)cc12. The van der Waals surface area contributed by atoms with Crippen molar-refractivity contribution in [1.29, 1.82) is 0 Å². The highest BCUT2D eigenvalue weighted by Crippen LogP contribution is 2.29. The van der Waals surface area contributed by atoms with Gasteiger partial charge in [0, 0.05) is 43.8 Å². The molecular formula is C23H28N4O3S. The molecule has 8 heteroatoms. The summed E-state index contributed by atoms with van der Waals surface area (Å²) < 4.78 is 7.30. The van der Waals surface area contributed by atoms with Gasteiger partial charge < -0.3 is 14.5 Å². The fraction of sp³-hybridized carbons (Fsp3) is 0.435. The van der Waals surface area contributed by atoms with Crippen LogP contribution in [0.25, 0.3) is 10.2 Å². The van der Waals surface area contributed by atoms with Gasteiger partial charge in [-0.3, -0.25) is 9.48 Å². The van der Waals surface area contributed by atoms with Gasteiger partial charge in [0.25, 0.3) is 5.91 Å². The van der Waals surface area contributed by atoms with E-state index in [4.69, 9.17) is 4.74 Å². The van der Waals surface area contributed by atoms with E-state index in [9.17, 15) is 9.59 Å². The van der Waals surface area contributed by atoms with Crippen LogP contribution >= 0.6 is 11.3 Å². The van der Waals surface area contributed by atoms with Crippen LogP contribution < -0.4 is 4.90 Å². The van der Waals surface area contributed by atoms with Gasteiger partial charge in [-0.1, -0.05) is 32.0 Å². The fourth-order valence-corrected chi connectivity index (χ4v) is 4.89. The Balaban J connectivity index is 1.32. The molecule has 164 valence electrons. The van der Waals surface area contributed by atoms with Gasteiger partial charge in [0.05, 0.1) is 5.69 Å². The summed E-state index contributed by atoms with van der Waals surface area (Å²) in [5.74, 6) is -0.141. The number of rotatable bonds is 6. The second-order valence-electron chi connectivity index (χ2n) is 8.27. The average molecular weight is 441 g/mol. The van der Waals surface area contributed by atoms with Gasteiger partial charge in [-0.15, -0.1) is 11.3 Å². The van der Waals surface area contributed by atoms with Crippen molar-refractivity contribution in [2.75, 3.05) is 37.7 Å². The number of thiophene rings is 1. The number of hydrogen-bond acceptors (Lipinski definition) is 6. The van der Waals surface area contributed by atoms with Crippen molar-refractivity contribution in [3.8, 4) is 0 Å². The maximum atomic E-state index is 12.6. The fourth-order valence-electron chi connectivity index (χ4n) is 3.83. The predicted octanol–water partition coefficient (Wildman–Crippen LogP) is 3.57. The lowest BCUT2D eigenvalue weighted by Crippen LogP contribution is -2.49. The van der Waals surface area contributed by atoms with Crippen molar-refractivity contribution >= 4 is 39.1 Å². The molecule has 2 aromatic heterocycles. The summed E-state index contributed by atoms with van der Waals surface area (Å²) in [4.78, 5) is 30.6. The first-order chi connectivity index (χ1) is 14.9. The normalized spacial score (nSPS) is 14.5. The van der Waals surface area contributed by atoms with E-state index in [1.54, 1.807) is 4.90 Å². The number of nitrogens with zero attached hydrogens (tertiary/aromatic N) is 4. The Morgan fingerprint density at radius 2 is 1.84 bits per heavy atom. The van der Waals surface area contributed by atoms with E-state index < -0.39 is 5.97 Å². The van der Waals surface area contributed by atoms with Crippen molar-refractivity contribution in [2.45, 2.75) is 27.3 Å². The number of ether oxygens (including phenoxy) is 1. The zero-order chi connectivity index (χ0) is 22.0. The number of benzene rings is 1. The summed E-state index contributed by atoms with van der Waals surface area (Å²) >= 11 is 1.37. The lowest BCUT2D eigenvalue weighted by Gasteiger charge is -2.36. The smallest absolute Gasteiger partial charge is 0.348 e. The average Bonchev–Trinajstić information content (AvgIpc) is 3.33. The molecule has 1 aromatic carbocycles. The van der Waals surface area contributed by atoms with Crippen molar-refractivity contribution in [1.82, 2.24) is 14.7 Å². The topological polar surface area (TPSA) is 67.7 Å². The van der Waals surface area contributed by atoms with E-state index in [1.807, 2.05) is 35.9 Å². The van der Waals surface area contributed by atoms with E-state index >= 15 is 0 Å². The molecule has 0 unspecified atom stereocenters. The van der Waals surface area contributed by atoms with Gasteiger partial charge in [0.1, 0.15) is 9.71 Å². The van der Waals surface area contributed by atoms with Crippen molar-refractivity contribution < 1.29 is 14.3 Å². The summed E-state index contributed by atoms with van der Waals surface area (Å²) in [6.45, 7) is 9.57. The molecule has 1 amide bonds. The highest BCUT2D eigenvalue weighted by Gasteiger charge is 2.23. The third kappa shape index (κ3) is 4.74. The summed E-state index contributed by atoms with van der Waals surface area (Å²) in [6, 6.07) is 12.0.